The van der Waals surface area contributed by atoms with Crippen molar-refractivity contribution in [2.24, 2.45) is 0 Å². The van der Waals surface area contributed by atoms with Gasteiger partial charge in [-0.3, -0.25) is 10.00 Å². The summed E-state index contributed by atoms with van der Waals surface area (Å²) in [6.07, 6.45) is 1.37. The van der Waals surface area contributed by atoms with E-state index in [2.05, 4.69) is 10.2 Å². The van der Waals surface area contributed by atoms with Gasteiger partial charge in [-0.1, -0.05) is 0 Å². The van der Waals surface area contributed by atoms with Crippen LogP contribution in [0.1, 0.15) is 40.3 Å². The average Bonchev–Trinajstić information content (AvgIpc) is 2.62. The number of amides is 1. The maximum atomic E-state index is 12.0. The van der Waals surface area contributed by atoms with Crippen LogP contribution in [0.15, 0.2) is 12.3 Å². The highest BCUT2D eigenvalue weighted by Gasteiger charge is 2.24. The summed E-state index contributed by atoms with van der Waals surface area (Å²) in [6.45, 7) is 9.98. The molecule has 5 nitrogen and oxygen atoms in total. The van der Waals surface area contributed by atoms with Crippen LogP contribution in [-0.2, 0) is 11.3 Å². The van der Waals surface area contributed by atoms with Crippen LogP contribution in [-0.4, -0.2) is 32.8 Å². The molecule has 0 aliphatic rings. The molecule has 1 aromatic heterocycles. The van der Waals surface area contributed by atoms with Gasteiger partial charge in [0.1, 0.15) is 5.60 Å². The molecule has 1 N–H and O–H groups in total. The van der Waals surface area contributed by atoms with Crippen molar-refractivity contribution in [3.05, 3.63) is 18.0 Å². The van der Waals surface area contributed by atoms with Crippen molar-refractivity contribution in [2.75, 3.05) is 0 Å². The van der Waals surface area contributed by atoms with Gasteiger partial charge in [-0.05, 0) is 40.7 Å². The average molecular weight is 239 g/mol. The summed E-state index contributed by atoms with van der Waals surface area (Å²) >= 11 is 0. The second kappa shape index (κ2) is 5.21. The van der Waals surface area contributed by atoms with Crippen molar-refractivity contribution in [3.63, 3.8) is 0 Å². The lowest BCUT2D eigenvalue weighted by Gasteiger charge is -2.29. The lowest BCUT2D eigenvalue weighted by molar-refractivity contribution is 0.0169. The molecule has 0 spiro atoms. The molecule has 96 valence electrons. The molecule has 5 heteroatoms. The van der Waals surface area contributed by atoms with E-state index in [9.17, 15) is 4.79 Å². The molecule has 0 atom stereocenters. The molecule has 0 aliphatic carbocycles. The Labute approximate surface area is 102 Å². The van der Waals surface area contributed by atoms with E-state index in [1.54, 1.807) is 11.1 Å². The zero-order chi connectivity index (χ0) is 13.1. The second-order valence-electron chi connectivity index (χ2n) is 5.28. The van der Waals surface area contributed by atoms with E-state index in [4.69, 9.17) is 4.74 Å². The zero-order valence-electron chi connectivity index (χ0n) is 11.2. The fourth-order valence-electron chi connectivity index (χ4n) is 1.33. The van der Waals surface area contributed by atoms with Gasteiger partial charge in [0.2, 0.25) is 0 Å². The van der Waals surface area contributed by atoms with Crippen LogP contribution in [0.5, 0.6) is 0 Å². The molecule has 1 rings (SSSR count). The number of aromatic nitrogens is 2. The molecule has 1 aromatic rings. The van der Waals surface area contributed by atoms with E-state index in [0.29, 0.717) is 6.54 Å². The summed E-state index contributed by atoms with van der Waals surface area (Å²) in [5, 5.41) is 6.71. The Morgan fingerprint density at radius 1 is 1.53 bits per heavy atom. The molecule has 0 radical (unpaired) electrons. The minimum absolute atomic E-state index is 0.0770. The van der Waals surface area contributed by atoms with Gasteiger partial charge in [0.25, 0.3) is 0 Å². The van der Waals surface area contributed by atoms with Crippen LogP contribution >= 0.6 is 0 Å². The third kappa shape index (κ3) is 4.46. The standard InChI is InChI=1S/C12H21N3O2/c1-9(2)15(8-10-6-7-13-14-10)11(16)17-12(3,4)5/h6-7,9H,8H2,1-5H3,(H,13,14). The van der Waals surface area contributed by atoms with Crippen molar-refractivity contribution >= 4 is 6.09 Å². The Morgan fingerprint density at radius 2 is 2.18 bits per heavy atom. The zero-order valence-corrected chi connectivity index (χ0v) is 11.2. The molecule has 1 amide bonds. The van der Waals surface area contributed by atoms with Crippen LogP contribution in [0, 0.1) is 0 Å². The molecule has 0 unspecified atom stereocenters. The van der Waals surface area contributed by atoms with E-state index in [1.807, 2.05) is 40.7 Å². The van der Waals surface area contributed by atoms with Crippen molar-refractivity contribution < 1.29 is 9.53 Å². The molecule has 0 saturated heterocycles. The number of nitrogens with one attached hydrogen (secondary N) is 1. The predicted octanol–water partition coefficient (Wildman–Crippen LogP) is 2.56. The summed E-state index contributed by atoms with van der Waals surface area (Å²) in [5.74, 6) is 0. The predicted molar refractivity (Wildman–Crippen MR) is 65.5 cm³/mol. The van der Waals surface area contributed by atoms with Gasteiger partial charge in [0, 0.05) is 12.2 Å². The Kier molecular flexibility index (Phi) is 4.15. The Morgan fingerprint density at radius 3 is 2.59 bits per heavy atom. The highest BCUT2D eigenvalue weighted by Crippen LogP contribution is 2.14. The first-order valence-electron chi connectivity index (χ1n) is 5.77. The van der Waals surface area contributed by atoms with E-state index in [1.165, 1.54) is 0 Å². The Hall–Kier alpha value is -1.52. The third-order valence-electron chi connectivity index (χ3n) is 2.15. The smallest absolute Gasteiger partial charge is 0.410 e. The normalized spacial score (nSPS) is 11.6. The Balaban J connectivity index is 2.69. The molecule has 0 bridgehead atoms. The fraction of sp³-hybridized carbons (Fsp3) is 0.667. The van der Waals surface area contributed by atoms with E-state index in [0.717, 1.165) is 5.69 Å². The SMILES string of the molecule is CC(C)N(Cc1ccn[nH]1)C(=O)OC(C)(C)C. The van der Waals surface area contributed by atoms with Crippen LogP contribution in [0.25, 0.3) is 0 Å². The lowest BCUT2D eigenvalue weighted by Crippen LogP contribution is -2.40. The van der Waals surface area contributed by atoms with Crippen molar-refractivity contribution in [2.45, 2.75) is 52.8 Å². The monoisotopic (exact) mass is 239 g/mol. The molecule has 0 aliphatic heterocycles. The lowest BCUT2D eigenvalue weighted by atomic mass is 10.2. The number of ether oxygens (including phenoxy) is 1. The van der Waals surface area contributed by atoms with Gasteiger partial charge in [0.05, 0.1) is 12.2 Å². The quantitative estimate of drug-likeness (QED) is 0.881. The maximum Gasteiger partial charge on any atom is 0.410 e. The van der Waals surface area contributed by atoms with Crippen molar-refractivity contribution in [3.8, 4) is 0 Å². The van der Waals surface area contributed by atoms with Crippen molar-refractivity contribution in [1.82, 2.24) is 15.1 Å². The highest BCUT2D eigenvalue weighted by atomic mass is 16.6. The molecule has 1 heterocycles. The van der Waals surface area contributed by atoms with Crippen molar-refractivity contribution in [1.29, 1.82) is 0 Å². The number of H-pyrrole nitrogens is 1. The number of carbonyl (C=O) groups is 1. The summed E-state index contributed by atoms with van der Waals surface area (Å²) in [4.78, 5) is 13.7. The number of carbonyl (C=O) groups excluding carboxylic acids is 1. The largest absolute Gasteiger partial charge is 0.444 e. The summed E-state index contributed by atoms with van der Waals surface area (Å²) in [6, 6.07) is 1.92. The molecule has 17 heavy (non-hydrogen) atoms. The number of hydrogen-bond acceptors (Lipinski definition) is 3. The number of nitrogens with zero attached hydrogens (tertiary/aromatic N) is 2. The number of hydrogen-bond donors (Lipinski definition) is 1. The van der Waals surface area contributed by atoms with Gasteiger partial charge >= 0.3 is 6.09 Å². The van der Waals surface area contributed by atoms with Crippen LogP contribution in [0.3, 0.4) is 0 Å². The Bertz CT molecular complexity index is 352. The number of aromatic amines is 1. The summed E-state index contributed by atoms with van der Waals surface area (Å²) in [5.41, 5.74) is 0.419. The molecule has 0 aromatic carbocycles. The second-order valence-corrected chi connectivity index (χ2v) is 5.28. The first-order valence-corrected chi connectivity index (χ1v) is 5.77. The van der Waals surface area contributed by atoms with E-state index < -0.39 is 5.60 Å². The summed E-state index contributed by atoms with van der Waals surface area (Å²) < 4.78 is 5.36. The van der Waals surface area contributed by atoms with Gasteiger partial charge in [-0.2, -0.15) is 5.10 Å². The number of rotatable bonds is 3. The first-order chi connectivity index (χ1) is 7.79. The molecule has 0 saturated carbocycles. The molecular weight excluding hydrogens is 218 g/mol. The fourth-order valence-corrected chi connectivity index (χ4v) is 1.33. The third-order valence-corrected chi connectivity index (χ3v) is 2.15. The topological polar surface area (TPSA) is 58.2 Å². The summed E-state index contributed by atoms with van der Waals surface area (Å²) in [7, 11) is 0. The molecule has 0 fully saturated rings. The highest BCUT2D eigenvalue weighted by molar-refractivity contribution is 5.68. The van der Waals surface area contributed by atoms with Gasteiger partial charge in [-0.15, -0.1) is 0 Å². The minimum Gasteiger partial charge on any atom is -0.444 e. The maximum absolute atomic E-state index is 12.0. The molecular formula is C12H21N3O2. The van der Waals surface area contributed by atoms with Crippen LogP contribution in [0.2, 0.25) is 0 Å². The van der Waals surface area contributed by atoms with Gasteiger partial charge in [-0.25, -0.2) is 4.79 Å². The van der Waals surface area contributed by atoms with Crippen LogP contribution in [0.4, 0.5) is 4.79 Å². The van der Waals surface area contributed by atoms with E-state index >= 15 is 0 Å². The minimum atomic E-state index is -0.474. The van der Waals surface area contributed by atoms with E-state index in [-0.39, 0.29) is 12.1 Å². The first kappa shape index (κ1) is 13.5. The van der Waals surface area contributed by atoms with Gasteiger partial charge in [0.15, 0.2) is 0 Å². The van der Waals surface area contributed by atoms with Gasteiger partial charge < -0.3 is 4.74 Å². The van der Waals surface area contributed by atoms with Crippen LogP contribution < -0.4 is 0 Å².